The van der Waals surface area contributed by atoms with Crippen LogP contribution < -0.4 is 11.5 Å². The Morgan fingerprint density at radius 3 is 1.89 bits per heavy atom. The maximum atomic E-state index is 10.4. The van der Waals surface area contributed by atoms with Gasteiger partial charge in [-0.15, -0.1) is 0 Å². The number of rotatable bonds is 4. The van der Waals surface area contributed by atoms with E-state index in [9.17, 15) is 9.59 Å². The van der Waals surface area contributed by atoms with E-state index in [0.717, 1.165) is 5.56 Å². The molecule has 0 aromatic heterocycles. The molecule has 0 amide bonds. The Bertz CT molecular complexity index is 379. The van der Waals surface area contributed by atoms with E-state index in [1.54, 1.807) is 0 Å². The molecule has 0 saturated heterocycles. The van der Waals surface area contributed by atoms with Crippen molar-refractivity contribution >= 4 is 11.9 Å². The van der Waals surface area contributed by atoms with Crippen LogP contribution in [0.25, 0.3) is 0 Å². The number of hydrogen-bond donors (Lipinski definition) is 4. The molecule has 6 N–H and O–H groups in total. The molecule has 6 heteroatoms. The Morgan fingerprint density at radius 1 is 1.11 bits per heavy atom. The minimum Gasteiger partial charge on any atom is -0.480 e. The first-order valence-corrected chi connectivity index (χ1v) is 5.35. The first kappa shape index (κ1) is 16.1. The van der Waals surface area contributed by atoms with Gasteiger partial charge in [-0.05, 0) is 18.9 Å². The van der Waals surface area contributed by atoms with Crippen LogP contribution in [0.5, 0.6) is 0 Å². The number of nitrogens with two attached hydrogens (primary N) is 2. The van der Waals surface area contributed by atoms with Crippen LogP contribution in [0.3, 0.4) is 0 Å². The summed E-state index contributed by atoms with van der Waals surface area (Å²) < 4.78 is 0. The van der Waals surface area contributed by atoms with E-state index in [1.807, 2.05) is 30.3 Å². The summed E-state index contributed by atoms with van der Waals surface area (Å²) in [5.41, 5.74) is 11.1. The average Bonchev–Trinajstić information content (AvgIpc) is 2.30. The summed E-state index contributed by atoms with van der Waals surface area (Å²) in [6.45, 7) is 1.42. The number of hydrogen-bond acceptors (Lipinski definition) is 4. The third-order valence-corrected chi connectivity index (χ3v) is 2.01. The third-order valence-electron chi connectivity index (χ3n) is 2.01. The molecule has 0 spiro atoms. The predicted molar refractivity (Wildman–Crippen MR) is 67.0 cm³/mol. The summed E-state index contributed by atoms with van der Waals surface area (Å²) in [4.78, 5) is 20.0. The van der Waals surface area contributed by atoms with Gasteiger partial charge in [-0.2, -0.15) is 0 Å². The van der Waals surface area contributed by atoms with Crippen molar-refractivity contribution in [1.29, 1.82) is 0 Å². The Hall–Kier alpha value is -1.92. The first-order chi connectivity index (χ1) is 8.34. The molecule has 100 valence electrons. The smallest absolute Gasteiger partial charge is 0.320 e. The molecule has 0 bridgehead atoms. The van der Waals surface area contributed by atoms with Gasteiger partial charge in [-0.1, -0.05) is 30.3 Å². The zero-order valence-electron chi connectivity index (χ0n) is 10.1. The van der Waals surface area contributed by atoms with Crippen molar-refractivity contribution in [3.05, 3.63) is 35.9 Å². The molecular formula is C12H18N2O4. The molecule has 0 aliphatic heterocycles. The summed E-state index contributed by atoms with van der Waals surface area (Å²) in [6.07, 6.45) is 0.385. The fourth-order valence-electron chi connectivity index (χ4n) is 0.955. The molecular weight excluding hydrogens is 236 g/mol. The Labute approximate surface area is 105 Å². The molecule has 0 heterocycles. The molecule has 0 saturated carbocycles. The first-order valence-electron chi connectivity index (χ1n) is 5.35. The molecule has 18 heavy (non-hydrogen) atoms. The van der Waals surface area contributed by atoms with Gasteiger partial charge in [-0.25, -0.2) is 0 Å². The van der Waals surface area contributed by atoms with Crippen LogP contribution in [0.2, 0.25) is 0 Å². The Morgan fingerprint density at radius 2 is 1.56 bits per heavy atom. The highest BCUT2D eigenvalue weighted by molar-refractivity contribution is 5.73. The minimum absolute atomic E-state index is 0.385. The number of carboxylic acids is 2. The predicted octanol–water partition coefficient (Wildman–Crippen LogP) is 0.0592. The molecule has 0 aliphatic rings. The van der Waals surface area contributed by atoms with Gasteiger partial charge in [0.25, 0.3) is 0 Å². The van der Waals surface area contributed by atoms with Crippen molar-refractivity contribution in [3.63, 3.8) is 0 Å². The summed E-state index contributed by atoms with van der Waals surface area (Å²) in [6, 6.07) is 7.81. The lowest BCUT2D eigenvalue weighted by Crippen LogP contribution is -2.32. The van der Waals surface area contributed by atoms with Crippen molar-refractivity contribution in [2.75, 3.05) is 0 Å². The van der Waals surface area contributed by atoms with Crippen LogP contribution in [0.1, 0.15) is 12.5 Å². The molecule has 1 aromatic carbocycles. The van der Waals surface area contributed by atoms with Gasteiger partial charge in [-0.3, -0.25) is 9.59 Å². The van der Waals surface area contributed by atoms with Crippen LogP contribution in [-0.4, -0.2) is 34.2 Å². The zero-order valence-corrected chi connectivity index (χ0v) is 10.1. The van der Waals surface area contributed by atoms with Gasteiger partial charge < -0.3 is 21.7 Å². The van der Waals surface area contributed by atoms with Gasteiger partial charge in [0.2, 0.25) is 0 Å². The summed E-state index contributed by atoms with van der Waals surface area (Å²) >= 11 is 0. The summed E-state index contributed by atoms with van der Waals surface area (Å²) in [7, 11) is 0. The highest BCUT2D eigenvalue weighted by atomic mass is 16.4. The largest absolute Gasteiger partial charge is 0.480 e. The topological polar surface area (TPSA) is 127 Å². The minimum atomic E-state index is -0.963. The van der Waals surface area contributed by atoms with Crippen molar-refractivity contribution in [2.24, 2.45) is 11.5 Å². The number of benzene rings is 1. The quantitative estimate of drug-likeness (QED) is 0.601. The highest BCUT2D eigenvalue weighted by Gasteiger charge is 2.10. The molecule has 0 radical (unpaired) electrons. The normalized spacial score (nSPS) is 12.8. The van der Waals surface area contributed by atoms with E-state index in [0.29, 0.717) is 6.42 Å². The molecule has 0 aliphatic carbocycles. The second-order valence-electron chi connectivity index (χ2n) is 3.76. The van der Waals surface area contributed by atoms with Gasteiger partial charge >= 0.3 is 11.9 Å². The SMILES string of the molecule is CC(N)C(=O)O.N[C@@H](Cc1ccccc1)C(=O)O. The van der Waals surface area contributed by atoms with Crippen molar-refractivity contribution in [3.8, 4) is 0 Å². The number of carbonyl (C=O) groups is 2. The standard InChI is InChI=1S/C9H11NO2.C3H7NO2/c10-8(9(11)12)6-7-4-2-1-3-5-7;1-2(4)3(5)6/h1-5,8H,6,10H2,(H,11,12);2H,4H2,1H3,(H,5,6)/t8-;/m0./s1. The van der Waals surface area contributed by atoms with E-state index >= 15 is 0 Å². The fraction of sp³-hybridized carbons (Fsp3) is 0.333. The van der Waals surface area contributed by atoms with Crippen LogP contribution in [-0.2, 0) is 16.0 Å². The van der Waals surface area contributed by atoms with E-state index in [-0.39, 0.29) is 0 Å². The fourth-order valence-corrected chi connectivity index (χ4v) is 0.955. The van der Waals surface area contributed by atoms with E-state index in [2.05, 4.69) is 0 Å². The number of carboxylic acid groups (broad SMARTS) is 2. The Balaban J connectivity index is 0.000000411. The number of aliphatic carboxylic acids is 2. The molecule has 1 aromatic rings. The molecule has 6 nitrogen and oxygen atoms in total. The summed E-state index contributed by atoms with van der Waals surface area (Å²) in [5, 5.41) is 16.4. The lowest BCUT2D eigenvalue weighted by Gasteiger charge is -2.04. The van der Waals surface area contributed by atoms with Gasteiger partial charge in [0, 0.05) is 0 Å². The van der Waals surface area contributed by atoms with Crippen LogP contribution in [0.15, 0.2) is 30.3 Å². The highest BCUT2D eigenvalue weighted by Crippen LogP contribution is 2.01. The van der Waals surface area contributed by atoms with Crippen LogP contribution >= 0.6 is 0 Å². The third kappa shape index (κ3) is 7.37. The second kappa shape index (κ2) is 8.21. The second-order valence-corrected chi connectivity index (χ2v) is 3.76. The maximum Gasteiger partial charge on any atom is 0.320 e. The average molecular weight is 254 g/mol. The van der Waals surface area contributed by atoms with E-state index < -0.39 is 24.0 Å². The zero-order chi connectivity index (χ0) is 14.1. The van der Waals surface area contributed by atoms with Gasteiger partial charge in [0.1, 0.15) is 12.1 Å². The van der Waals surface area contributed by atoms with Gasteiger partial charge in [0.15, 0.2) is 0 Å². The molecule has 1 rings (SSSR count). The van der Waals surface area contributed by atoms with Crippen molar-refractivity contribution < 1.29 is 19.8 Å². The van der Waals surface area contributed by atoms with E-state index in [1.165, 1.54) is 6.92 Å². The molecule has 2 atom stereocenters. The monoisotopic (exact) mass is 254 g/mol. The lowest BCUT2D eigenvalue weighted by molar-refractivity contribution is -0.139. The summed E-state index contributed by atoms with van der Waals surface area (Å²) in [5.74, 6) is -1.92. The molecule has 1 unspecified atom stereocenters. The van der Waals surface area contributed by atoms with Crippen molar-refractivity contribution in [2.45, 2.75) is 25.4 Å². The van der Waals surface area contributed by atoms with E-state index in [4.69, 9.17) is 21.7 Å². The lowest BCUT2D eigenvalue weighted by atomic mass is 10.1. The maximum absolute atomic E-state index is 10.4. The van der Waals surface area contributed by atoms with Crippen LogP contribution in [0.4, 0.5) is 0 Å². The molecule has 0 fully saturated rings. The van der Waals surface area contributed by atoms with Crippen molar-refractivity contribution in [1.82, 2.24) is 0 Å². The Kier molecular flexibility index (Phi) is 7.34. The van der Waals surface area contributed by atoms with Crippen LogP contribution in [0, 0.1) is 0 Å². The van der Waals surface area contributed by atoms with Gasteiger partial charge in [0.05, 0.1) is 0 Å².